The van der Waals surface area contributed by atoms with Gasteiger partial charge in [0.05, 0.1) is 0 Å². The van der Waals surface area contributed by atoms with Crippen molar-refractivity contribution in [2.75, 3.05) is 5.73 Å². The summed E-state index contributed by atoms with van der Waals surface area (Å²) in [5.41, 5.74) is 8.24. The second-order valence-corrected chi connectivity index (χ2v) is 4.57. The molecule has 0 aliphatic carbocycles. The van der Waals surface area contributed by atoms with Crippen LogP contribution in [0.4, 0.5) is 5.69 Å². The fourth-order valence-electron chi connectivity index (χ4n) is 1.76. The third kappa shape index (κ3) is 2.44. The molecule has 0 saturated heterocycles. The van der Waals surface area contributed by atoms with Crippen molar-refractivity contribution in [3.05, 3.63) is 53.6 Å². The first kappa shape index (κ1) is 11.7. The molecule has 0 aliphatic rings. The highest BCUT2D eigenvalue weighted by molar-refractivity contribution is 6.30. The van der Waals surface area contributed by atoms with E-state index in [-0.39, 0.29) is 0 Å². The van der Waals surface area contributed by atoms with Gasteiger partial charge in [-0.05, 0) is 48.5 Å². The van der Waals surface area contributed by atoms with Crippen LogP contribution in [-0.4, -0.2) is 15.2 Å². The standard InChI is InChI=1S/C14H11ClN4/c15-11-5-1-9(2-6-11)13-17-14(19-18-13)10-3-7-12(16)8-4-10/h1-8H,16H2,(H,17,18,19). The summed E-state index contributed by atoms with van der Waals surface area (Å²) in [4.78, 5) is 4.46. The monoisotopic (exact) mass is 270 g/mol. The molecular weight excluding hydrogens is 260 g/mol. The normalized spacial score (nSPS) is 10.6. The predicted molar refractivity (Wildman–Crippen MR) is 76.7 cm³/mol. The zero-order valence-corrected chi connectivity index (χ0v) is 10.7. The number of hydrogen-bond acceptors (Lipinski definition) is 3. The Balaban J connectivity index is 1.95. The van der Waals surface area contributed by atoms with Gasteiger partial charge in [0.2, 0.25) is 0 Å². The van der Waals surface area contributed by atoms with Crippen LogP contribution in [0, 0.1) is 0 Å². The molecule has 0 radical (unpaired) electrons. The van der Waals surface area contributed by atoms with E-state index < -0.39 is 0 Å². The minimum atomic E-state index is 0.643. The van der Waals surface area contributed by atoms with Crippen molar-refractivity contribution in [1.82, 2.24) is 15.2 Å². The van der Waals surface area contributed by atoms with E-state index in [1.165, 1.54) is 0 Å². The smallest absolute Gasteiger partial charge is 0.181 e. The summed E-state index contributed by atoms with van der Waals surface area (Å²) in [6.45, 7) is 0. The van der Waals surface area contributed by atoms with Gasteiger partial charge in [-0.25, -0.2) is 4.98 Å². The molecule has 0 spiro atoms. The molecule has 0 amide bonds. The van der Waals surface area contributed by atoms with Crippen molar-refractivity contribution in [2.24, 2.45) is 0 Å². The Morgan fingerprint density at radius 3 is 2.21 bits per heavy atom. The number of aromatic nitrogens is 3. The van der Waals surface area contributed by atoms with Crippen LogP contribution in [0.15, 0.2) is 48.5 Å². The molecule has 0 saturated carbocycles. The number of rotatable bonds is 2. The summed E-state index contributed by atoms with van der Waals surface area (Å²) >= 11 is 5.86. The van der Waals surface area contributed by atoms with Gasteiger partial charge < -0.3 is 5.73 Å². The Morgan fingerprint density at radius 1 is 0.895 bits per heavy atom. The maximum Gasteiger partial charge on any atom is 0.181 e. The van der Waals surface area contributed by atoms with Gasteiger partial charge in [0, 0.05) is 21.8 Å². The Morgan fingerprint density at radius 2 is 1.53 bits per heavy atom. The Labute approximate surface area is 115 Å². The molecule has 3 aromatic rings. The summed E-state index contributed by atoms with van der Waals surface area (Å²) in [7, 11) is 0. The van der Waals surface area contributed by atoms with Crippen molar-refractivity contribution in [2.45, 2.75) is 0 Å². The highest BCUT2D eigenvalue weighted by Gasteiger charge is 2.07. The number of nitrogens with two attached hydrogens (primary N) is 1. The van der Waals surface area contributed by atoms with E-state index in [1.54, 1.807) is 0 Å². The molecule has 2 aromatic carbocycles. The van der Waals surface area contributed by atoms with Crippen molar-refractivity contribution in [3.63, 3.8) is 0 Å². The molecule has 94 valence electrons. The van der Waals surface area contributed by atoms with Crippen LogP contribution in [0.25, 0.3) is 22.8 Å². The summed E-state index contributed by atoms with van der Waals surface area (Å²) in [6, 6.07) is 14.9. The minimum absolute atomic E-state index is 0.643. The van der Waals surface area contributed by atoms with Crippen LogP contribution in [0.5, 0.6) is 0 Å². The van der Waals surface area contributed by atoms with Gasteiger partial charge in [0.1, 0.15) is 0 Å². The number of anilines is 1. The zero-order valence-electron chi connectivity index (χ0n) is 9.97. The summed E-state index contributed by atoms with van der Waals surface area (Å²) in [5.74, 6) is 1.36. The molecule has 5 heteroatoms. The fraction of sp³-hybridized carbons (Fsp3) is 0. The average Bonchev–Trinajstić information content (AvgIpc) is 2.90. The maximum atomic E-state index is 5.86. The van der Waals surface area contributed by atoms with Gasteiger partial charge in [-0.2, -0.15) is 5.10 Å². The number of hydrogen-bond donors (Lipinski definition) is 2. The van der Waals surface area contributed by atoms with E-state index in [9.17, 15) is 0 Å². The Bertz CT molecular complexity index is 626. The zero-order chi connectivity index (χ0) is 13.2. The highest BCUT2D eigenvalue weighted by Crippen LogP contribution is 2.22. The van der Waals surface area contributed by atoms with Crippen LogP contribution in [0.2, 0.25) is 5.02 Å². The topological polar surface area (TPSA) is 67.6 Å². The summed E-state index contributed by atoms with van der Waals surface area (Å²) in [5, 5.41) is 7.82. The first-order valence-corrected chi connectivity index (χ1v) is 6.14. The van der Waals surface area contributed by atoms with E-state index in [4.69, 9.17) is 17.3 Å². The first-order valence-electron chi connectivity index (χ1n) is 5.76. The second kappa shape index (κ2) is 4.74. The van der Waals surface area contributed by atoms with Crippen LogP contribution in [-0.2, 0) is 0 Å². The number of halogens is 1. The van der Waals surface area contributed by atoms with Crippen molar-refractivity contribution in [3.8, 4) is 22.8 Å². The van der Waals surface area contributed by atoms with Crippen molar-refractivity contribution >= 4 is 17.3 Å². The van der Waals surface area contributed by atoms with Crippen molar-refractivity contribution < 1.29 is 0 Å². The number of nitrogen functional groups attached to an aromatic ring is 1. The third-order valence-electron chi connectivity index (χ3n) is 2.77. The number of nitrogens with one attached hydrogen (secondary N) is 1. The molecule has 0 unspecified atom stereocenters. The molecule has 3 rings (SSSR count). The van der Waals surface area contributed by atoms with Crippen molar-refractivity contribution in [1.29, 1.82) is 0 Å². The molecule has 0 atom stereocenters. The summed E-state index contributed by atoms with van der Waals surface area (Å²) in [6.07, 6.45) is 0. The Kier molecular flexibility index (Phi) is 2.93. The van der Waals surface area contributed by atoms with E-state index in [0.717, 1.165) is 16.8 Å². The second-order valence-electron chi connectivity index (χ2n) is 4.14. The molecule has 19 heavy (non-hydrogen) atoms. The molecule has 1 heterocycles. The predicted octanol–water partition coefficient (Wildman–Crippen LogP) is 3.37. The van der Waals surface area contributed by atoms with E-state index in [1.807, 2.05) is 48.5 Å². The van der Waals surface area contributed by atoms with Gasteiger partial charge in [0.25, 0.3) is 0 Å². The molecule has 0 fully saturated rings. The molecule has 3 N–H and O–H groups in total. The quantitative estimate of drug-likeness (QED) is 0.702. The number of aromatic amines is 1. The first-order chi connectivity index (χ1) is 9.22. The lowest BCUT2D eigenvalue weighted by molar-refractivity contribution is 1.10. The lowest BCUT2D eigenvalue weighted by Crippen LogP contribution is -1.85. The molecular formula is C14H11ClN4. The molecule has 1 aromatic heterocycles. The van der Waals surface area contributed by atoms with Gasteiger partial charge in [-0.3, -0.25) is 5.10 Å². The fourth-order valence-corrected chi connectivity index (χ4v) is 1.89. The minimum Gasteiger partial charge on any atom is -0.399 e. The molecule has 0 bridgehead atoms. The van der Waals surface area contributed by atoms with Gasteiger partial charge in [-0.1, -0.05) is 11.6 Å². The molecule has 0 aliphatic heterocycles. The molecule has 4 nitrogen and oxygen atoms in total. The Hall–Kier alpha value is -2.33. The average molecular weight is 271 g/mol. The number of nitrogens with zero attached hydrogens (tertiary/aromatic N) is 2. The highest BCUT2D eigenvalue weighted by atomic mass is 35.5. The van der Waals surface area contributed by atoms with Gasteiger partial charge >= 0.3 is 0 Å². The van der Waals surface area contributed by atoms with Crippen LogP contribution >= 0.6 is 11.6 Å². The van der Waals surface area contributed by atoms with E-state index in [0.29, 0.717) is 16.7 Å². The lowest BCUT2D eigenvalue weighted by atomic mass is 10.2. The SMILES string of the molecule is Nc1ccc(-c2n[nH]c(-c3ccc(Cl)cc3)n2)cc1. The van der Waals surface area contributed by atoms with E-state index in [2.05, 4.69) is 15.2 Å². The van der Waals surface area contributed by atoms with Crippen LogP contribution < -0.4 is 5.73 Å². The third-order valence-corrected chi connectivity index (χ3v) is 3.02. The van der Waals surface area contributed by atoms with Gasteiger partial charge in [0.15, 0.2) is 11.6 Å². The van der Waals surface area contributed by atoms with Gasteiger partial charge in [-0.15, -0.1) is 0 Å². The number of benzene rings is 2. The lowest BCUT2D eigenvalue weighted by Gasteiger charge is -1.96. The summed E-state index contributed by atoms with van der Waals surface area (Å²) < 4.78 is 0. The van der Waals surface area contributed by atoms with Crippen LogP contribution in [0.3, 0.4) is 0 Å². The number of H-pyrrole nitrogens is 1. The van der Waals surface area contributed by atoms with E-state index >= 15 is 0 Å². The maximum absolute atomic E-state index is 5.86. The van der Waals surface area contributed by atoms with Crippen LogP contribution in [0.1, 0.15) is 0 Å². The largest absolute Gasteiger partial charge is 0.399 e.